The Hall–Kier alpha value is -2.70. The number of hydrogen-bond donors (Lipinski definition) is 3. The molecule has 7 heteroatoms. The smallest absolute Gasteiger partial charge is 0.257 e. The number of nitrogens with zero attached hydrogens (tertiary/aromatic N) is 1. The maximum absolute atomic E-state index is 12.2. The molecule has 0 bridgehead atoms. The van der Waals surface area contributed by atoms with Crippen LogP contribution >= 0.6 is 23.8 Å². The van der Waals surface area contributed by atoms with E-state index in [9.17, 15) is 4.79 Å². The third kappa shape index (κ3) is 4.93. The third-order valence-electron chi connectivity index (χ3n) is 4.19. The lowest BCUT2D eigenvalue weighted by molar-refractivity contribution is 0.0977. The first kappa shape index (κ1) is 19.1. The van der Waals surface area contributed by atoms with E-state index in [2.05, 4.69) is 20.8 Å². The minimum atomic E-state index is -0.308. The Morgan fingerprint density at radius 1 is 1.19 bits per heavy atom. The first-order chi connectivity index (χ1) is 12.9. The molecule has 138 valence electrons. The van der Waals surface area contributed by atoms with Crippen molar-refractivity contribution in [1.29, 1.82) is 0 Å². The van der Waals surface area contributed by atoms with Crippen molar-refractivity contribution in [3.05, 3.63) is 81.6 Å². The maximum atomic E-state index is 12.2. The molecule has 0 saturated heterocycles. The van der Waals surface area contributed by atoms with Gasteiger partial charge in [-0.15, -0.1) is 0 Å². The van der Waals surface area contributed by atoms with Crippen molar-refractivity contribution in [1.82, 2.24) is 15.5 Å². The molecule has 2 aromatic carbocycles. The number of rotatable bonds is 4. The largest absolute Gasteiger partial charge is 0.332 e. The average Bonchev–Trinajstić information content (AvgIpc) is 2.95. The van der Waals surface area contributed by atoms with Crippen molar-refractivity contribution < 1.29 is 4.79 Å². The fourth-order valence-corrected chi connectivity index (χ4v) is 3.11. The minimum absolute atomic E-state index is 0.231. The van der Waals surface area contributed by atoms with Gasteiger partial charge in [-0.2, -0.15) is 5.10 Å². The number of benzene rings is 2. The lowest BCUT2D eigenvalue weighted by atomic mass is 10.0. The van der Waals surface area contributed by atoms with Crippen LogP contribution in [0, 0.1) is 13.8 Å². The Balaban J connectivity index is 1.59. The molecule has 1 heterocycles. The van der Waals surface area contributed by atoms with Gasteiger partial charge in [0.2, 0.25) is 0 Å². The van der Waals surface area contributed by atoms with E-state index in [0.29, 0.717) is 10.6 Å². The van der Waals surface area contributed by atoms with E-state index < -0.39 is 0 Å². The number of carbonyl (C=O) groups is 1. The van der Waals surface area contributed by atoms with Crippen molar-refractivity contribution in [2.45, 2.75) is 20.3 Å². The zero-order valence-corrected chi connectivity index (χ0v) is 16.5. The van der Waals surface area contributed by atoms with E-state index in [4.69, 9.17) is 23.8 Å². The zero-order valence-electron chi connectivity index (χ0n) is 15.0. The number of hydrogen-bond acceptors (Lipinski definition) is 3. The summed E-state index contributed by atoms with van der Waals surface area (Å²) in [6.07, 6.45) is 0.810. The lowest BCUT2D eigenvalue weighted by Crippen LogP contribution is -2.34. The summed E-state index contributed by atoms with van der Waals surface area (Å²) < 4.78 is 0. The summed E-state index contributed by atoms with van der Waals surface area (Å²) in [6.45, 7) is 4.02. The quantitative estimate of drug-likeness (QED) is 0.570. The van der Waals surface area contributed by atoms with Gasteiger partial charge >= 0.3 is 0 Å². The van der Waals surface area contributed by atoms with Crippen LogP contribution in [0.3, 0.4) is 0 Å². The molecule has 5 nitrogen and oxygen atoms in total. The molecule has 1 aromatic heterocycles. The second-order valence-electron chi connectivity index (χ2n) is 6.20. The fraction of sp³-hybridized carbons (Fsp3) is 0.150. The lowest BCUT2D eigenvalue weighted by Gasteiger charge is -2.10. The van der Waals surface area contributed by atoms with E-state index in [-0.39, 0.29) is 11.0 Å². The van der Waals surface area contributed by atoms with Crippen molar-refractivity contribution in [3.8, 4) is 0 Å². The summed E-state index contributed by atoms with van der Waals surface area (Å²) in [4.78, 5) is 12.2. The molecule has 0 aliphatic rings. The van der Waals surface area contributed by atoms with Crippen LogP contribution in [0.4, 0.5) is 5.69 Å². The highest BCUT2D eigenvalue weighted by molar-refractivity contribution is 7.80. The number of carbonyl (C=O) groups excluding carboxylic acids is 1. The summed E-state index contributed by atoms with van der Waals surface area (Å²) >= 11 is 11.1. The summed E-state index contributed by atoms with van der Waals surface area (Å²) in [5.41, 5.74) is 5.73. The third-order valence-corrected chi connectivity index (χ3v) is 4.63. The average molecular weight is 399 g/mol. The first-order valence-corrected chi connectivity index (χ1v) is 9.18. The predicted molar refractivity (Wildman–Crippen MR) is 112 cm³/mol. The molecule has 3 N–H and O–H groups in total. The number of halogens is 1. The predicted octanol–water partition coefficient (Wildman–Crippen LogP) is 4.40. The molecule has 0 saturated carbocycles. The van der Waals surface area contributed by atoms with E-state index in [1.165, 1.54) is 11.1 Å². The van der Waals surface area contributed by atoms with Crippen LogP contribution in [-0.4, -0.2) is 21.2 Å². The molecule has 0 spiro atoms. The Kier molecular flexibility index (Phi) is 5.88. The molecule has 0 aliphatic heterocycles. The number of aromatic amines is 1. The van der Waals surface area contributed by atoms with E-state index in [1.54, 1.807) is 24.3 Å². The monoisotopic (exact) mass is 398 g/mol. The van der Waals surface area contributed by atoms with Crippen LogP contribution in [0.5, 0.6) is 0 Å². The minimum Gasteiger partial charge on any atom is -0.332 e. The van der Waals surface area contributed by atoms with Crippen LogP contribution in [-0.2, 0) is 6.42 Å². The molecule has 3 rings (SSSR count). The molecule has 1 amide bonds. The maximum Gasteiger partial charge on any atom is 0.257 e. The molecular weight excluding hydrogens is 380 g/mol. The van der Waals surface area contributed by atoms with Crippen LogP contribution in [0.15, 0.2) is 48.5 Å². The molecule has 0 aliphatic carbocycles. The van der Waals surface area contributed by atoms with Crippen molar-refractivity contribution in [2.75, 3.05) is 5.32 Å². The SMILES string of the molecule is Cc1n[nH]c(C)c1Cc1ccc(NC(=S)NC(=O)c2cccc(Cl)c2)cc1. The van der Waals surface area contributed by atoms with Gasteiger partial charge in [0.1, 0.15) is 0 Å². The Morgan fingerprint density at radius 3 is 2.56 bits per heavy atom. The standard InChI is InChI=1S/C20H19ClN4OS/c1-12-18(13(2)25-24-12)10-14-6-8-17(9-7-14)22-20(27)23-19(26)15-4-3-5-16(21)11-15/h3-9,11H,10H2,1-2H3,(H,24,25)(H2,22,23,26,27). The molecule has 0 unspecified atom stereocenters. The topological polar surface area (TPSA) is 69.8 Å². The Bertz CT molecular complexity index is 962. The van der Waals surface area contributed by atoms with Crippen molar-refractivity contribution >= 4 is 40.5 Å². The number of H-pyrrole nitrogens is 1. The summed E-state index contributed by atoms with van der Waals surface area (Å²) in [5.74, 6) is -0.308. The fourth-order valence-electron chi connectivity index (χ4n) is 2.71. The van der Waals surface area contributed by atoms with Crippen LogP contribution in [0.2, 0.25) is 5.02 Å². The number of anilines is 1. The van der Waals surface area contributed by atoms with Gasteiger partial charge in [-0.05, 0) is 62.0 Å². The number of aryl methyl sites for hydroxylation is 2. The van der Waals surface area contributed by atoms with Gasteiger partial charge in [0.15, 0.2) is 5.11 Å². The van der Waals surface area contributed by atoms with Gasteiger partial charge in [-0.1, -0.05) is 29.8 Å². The Morgan fingerprint density at radius 2 is 1.93 bits per heavy atom. The van der Waals surface area contributed by atoms with Gasteiger partial charge in [0.25, 0.3) is 5.91 Å². The second-order valence-corrected chi connectivity index (χ2v) is 7.05. The van der Waals surface area contributed by atoms with Gasteiger partial charge in [0.05, 0.1) is 5.69 Å². The highest BCUT2D eigenvalue weighted by atomic mass is 35.5. The van der Waals surface area contributed by atoms with Gasteiger partial charge < -0.3 is 5.32 Å². The van der Waals surface area contributed by atoms with Crippen molar-refractivity contribution in [3.63, 3.8) is 0 Å². The van der Waals surface area contributed by atoms with Gasteiger partial charge in [0, 0.05) is 34.0 Å². The highest BCUT2D eigenvalue weighted by Gasteiger charge is 2.09. The number of thiocarbonyl (C=S) groups is 1. The molecule has 3 aromatic rings. The van der Waals surface area contributed by atoms with Gasteiger partial charge in [-0.3, -0.25) is 15.2 Å². The van der Waals surface area contributed by atoms with Crippen molar-refractivity contribution in [2.24, 2.45) is 0 Å². The number of aromatic nitrogens is 2. The molecule has 27 heavy (non-hydrogen) atoms. The molecular formula is C20H19ClN4OS. The number of amides is 1. The van der Waals surface area contributed by atoms with Crippen LogP contribution in [0.1, 0.15) is 32.9 Å². The summed E-state index contributed by atoms with van der Waals surface area (Å²) in [5, 5.41) is 13.6. The van der Waals surface area contributed by atoms with Gasteiger partial charge in [-0.25, -0.2) is 0 Å². The zero-order chi connectivity index (χ0) is 19.4. The van der Waals surface area contributed by atoms with Crippen LogP contribution < -0.4 is 10.6 Å². The molecule has 0 fully saturated rings. The molecule has 0 atom stereocenters. The van der Waals surface area contributed by atoms with Crippen LogP contribution in [0.25, 0.3) is 0 Å². The molecule has 0 radical (unpaired) electrons. The number of nitrogens with one attached hydrogen (secondary N) is 3. The normalized spacial score (nSPS) is 10.5. The van der Waals surface area contributed by atoms with E-state index >= 15 is 0 Å². The second kappa shape index (κ2) is 8.33. The summed E-state index contributed by atoms with van der Waals surface area (Å²) in [7, 11) is 0. The van der Waals surface area contributed by atoms with E-state index in [1.807, 2.05) is 38.1 Å². The Labute approximate surface area is 168 Å². The van der Waals surface area contributed by atoms with E-state index in [0.717, 1.165) is 23.5 Å². The summed E-state index contributed by atoms with van der Waals surface area (Å²) in [6, 6.07) is 14.6. The highest BCUT2D eigenvalue weighted by Crippen LogP contribution is 2.17. The first-order valence-electron chi connectivity index (χ1n) is 8.39.